The van der Waals surface area contributed by atoms with Gasteiger partial charge in [0.2, 0.25) is 5.91 Å². The number of ether oxygens (including phenoxy) is 1. The number of halogens is 3. The molecule has 0 atom stereocenters. The number of benzene rings is 1. The van der Waals surface area contributed by atoms with Crippen molar-refractivity contribution < 1.29 is 22.7 Å². The van der Waals surface area contributed by atoms with E-state index in [0.717, 1.165) is 17.7 Å². The summed E-state index contributed by atoms with van der Waals surface area (Å²) in [6.07, 6.45) is 1.46. The molecule has 0 unspecified atom stereocenters. The van der Waals surface area contributed by atoms with Crippen molar-refractivity contribution in [1.82, 2.24) is 9.78 Å². The van der Waals surface area contributed by atoms with Gasteiger partial charge in [0.25, 0.3) is 0 Å². The number of carbonyl (C=O) groups excluding carboxylic acids is 1. The molecule has 0 fully saturated rings. The minimum atomic E-state index is -4.74. The number of nitrogens with zero attached hydrogens (tertiary/aromatic N) is 2. The number of aryl methyl sites for hydroxylation is 1. The minimum Gasteiger partial charge on any atom is -0.406 e. The van der Waals surface area contributed by atoms with Crippen LogP contribution in [0.3, 0.4) is 0 Å². The first kappa shape index (κ1) is 15.6. The molecule has 0 aliphatic rings. The molecule has 1 N–H and O–H groups in total. The van der Waals surface area contributed by atoms with Crippen LogP contribution in [0.5, 0.6) is 5.75 Å². The lowest BCUT2D eigenvalue weighted by Crippen LogP contribution is -2.17. The van der Waals surface area contributed by atoms with Gasteiger partial charge in [-0.2, -0.15) is 5.10 Å². The van der Waals surface area contributed by atoms with Gasteiger partial charge in [-0.15, -0.1) is 13.2 Å². The van der Waals surface area contributed by atoms with E-state index < -0.39 is 12.3 Å². The Labute approximate surface area is 124 Å². The molecule has 2 aromatic rings. The molecular weight excluding hydrogens is 299 g/mol. The Kier molecular flexibility index (Phi) is 4.50. The molecule has 0 saturated heterocycles. The van der Waals surface area contributed by atoms with Crippen LogP contribution in [0.4, 0.5) is 18.9 Å². The largest absolute Gasteiger partial charge is 0.573 e. The zero-order valence-corrected chi connectivity index (χ0v) is 11.5. The van der Waals surface area contributed by atoms with Crippen LogP contribution in [0.25, 0.3) is 6.08 Å². The van der Waals surface area contributed by atoms with E-state index in [0.29, 0.717) is 5.69 Å². The third-order valence-electron chi connectivity index (χ3n) is 2.51. The van der Waals surface area contributed by atoms with E-state index in [1.807, 2.05) is 0 Å². The molecule has 1 aromatic carbocycles. The Morgan fingerprint density at radius 3 is 2.55 bits per heavy atom. The first-order valence-electron chi connectivity index (χ1n) is 6.15. The molecule has 1 aromatic heterocycles. The van der Waals surface area contributed by atoms with E-state index in [-0.39, 0.29) is 5.75 Å². The maximum Gasteiger partial charge on any atom is 0.573 e. The molecule has 22 heavy (non-hydrogen) atoms. The third-order valence-corrected chi connectivity index (χ3v) is 2.51. The second-order valence-electron chi connectivity index (χ2n) is 4.34. The minimum absolute atomic E-state index is 0.351. The summed E-state index contributed by atoms with van der Waals surface area (Å²) in [5.74, 6) is -0.759. The van der Waals surface area contributed by atoms with Crippen LogP contribution >= 0.6 is 0 Å². The van der Waals surface area contributed by atoms with Gasteiger partial charge < -0.3 is 10.1 Å². The van der Waals surface area contributed by atoms with Gasteiger partial charge in [0, 0.05) is 30.6 Å². The van der Waals surface area contributed by atoms with E-state index in [1.165, 1.54) is 18.2 Å². The van der Waals surface area contributed by atoms with Gasteiger partial charge in [-0.25, -0.2) is 0 Å². The number of hydrogen-bond acceptors (Lipinski definition) is 3. The zero-order chi connectivity index (χ0) is 16.2. The zero-order valence-electron chi connectivity index (χ0n) is 11.5. The fraction of sp³-hybridized carbons (Fsp3) is 0.143. The molecule has 116 valence electrons. The number of nitrogens with one attached hydrogen (secondary N) is 1. The topological polar surface area (TPSA) is 56.2 Å². The van der Waals surface area contributed by atoms with Crippen molar-refractivity contribution >= 4 is 17.7 Å². The van der Waals surface area contributed by atoms with Crippen LogP contribution in [-0.4, -0.2) is 22.1 Å². The van der Waals surface area contributed by atoms with Gasteiger partial charge in [-0.05, 0) is 30.3 Å². The average molecular weight is 311 g/mol. The normalized spacial score (nSPS) is 11.6. The standard InChI is InChI=1S/C14H12F3N3O2/c1-20-9-10(8-18-20)2-7-13(21)19-11-3-5-12(6-4-11)22-14(15,16)17/h2-9H,1H3,(H,19,21)/b7-2+. The molecule has 0 aliphatic carbocycles. The average Bonchev–Trinajstić information content (AvgIpc) is 2.83. The van der Waals surface area contributed by atoms with Crippen LogP contribution < -0.4 is 10.1 Å². The Bertz CT molecular complexity index is 675. The number of aromatic nitrogens is 2. The van der Waals surface area contributed by atoms with E-state index >= 15 is 0 Å². The highest BCUT2D eigenvalue weighted by atomic mass is 19.4. The summed E-state index contributed by atoms with van der Waals surface area (Å²) in [6, 6.07) is 4.87. The van der Waals surface area contributed by atoms with Crippen LogP contribution in [0.15, 0.2) is 42.7 Å². The monoisotopic (exact) mass is 311 g/mol. The SMILES string of the molecule is Cn1cc(/C=C/C(=O)Nc2ccc(OC(F)(F)F)cc2)cn1. The summed E-state index contributed by atoms with van der Waals surface area (Å²) >= 11 is 0. The van der Waals surface area contributed by atoms with Crippen LogP contribution in [0.2, 0.25) is 0 Å². The van der Waals surface area contributed by atoms with Crippen LogP contribution in [0.1, 0.15) is 5.56 Å². The lowest BCUT2D eigenvalue weighted by molar-refractivity contribution is -0.274. The van der Waals surface area contributed by atoms with Crippen molar-refractivity contribution in [3.63, 3.8) is 0 Å². The molecule has 1 heterocycles. The van der Waals surface area contributed by atoms with Gasteiger partial charge in [0.15, 0.2) is 0 Å². The summed E-state index contributed by atoms with van der Waals surface area (Å²) in [4.78, 5) is 11.7. The van der Waals surface area contributed by atoms with Crippen molar-refractivity contribution in [3.05, 3.63) is 48.3 Å². The summed E-state index contributed by atoms with van der Waals surface area (Å²) in [5.41, 5.74) is 1.11. The predicted molar refractivity (Wildman–Crippen MR) is 74.0 cm³/mol. The van der Waals surface area contributed by atoms with Crippen molar-refractivity contribution in [3.8, 4) is 5.75 Å². The lowest BCUT2D eigenvalue weighted by Gasteiger charge is -2.09. The fourth-order valence-corrected chi connectivity index (χ4v) is 1.62. The molecule has 0 bridgehead atoms. The number of rotatable bonds is 4. The van der Waals surface area contributed by atoms with Crippen molar-refractivity contribution in [2.24, 2.45) is 7.05 Å². The highest BCUT2D eigenvalue weighted by Gasteiger charge is 2.30. The van der Waals surface area contributed by atoms with Gasteiger partial charge in [0.05, 0.1) is 6.20 Å². The Morgan fingerprint density at radius 1 is 1.32 bits per heavy atom. The summed E-state index contributed by atoms with van der Waals surface area (Å²) < 4.78 is 41.3. The summed E-state index contributed by atoms with van der Waals surface area (Å²) in [7, 11) is 1.75. The molecule has 2 rings (SSSR count). The quantitative estimate of drug-likeness (QED) is 0.883. The maximum atomic E-state index is 12.0. The van der Waals surface area contributed by atoms with Crippen molar-refractivity contribution in [2.75, 3.05) is 5.32 Å². The highest BCUT2D eigenvalue weighted by Crippen LogP contribution is 2.23. The number of alkyl halides is 3. The second-order valence-corrected chi connectivity index (χ2v) is 4.34. The Morgan fingerprint density at radius 2 is 2.00 bits per heavy atom. The number of amides is 1. The van der Waals surface area contributed by atoms with Gasteiger partial charge in [0.1, 0.15) is 5.75 Å². The predicted octanol–water partition coefficient (Wildman–Crippen LogP) is 2.97. The lowest BCUT2D eigenvalue weighted by atomic mass is 10.3. The smallest absolute Gasteiger partial charge is 0.406 e. The second kappa shape index (κ2) is 6.33. The highest BCUT2D eigenvalue weighted by molar-refractivity contribution is 6.01. The molecule has 1 amide bonds. The van der Waals surface area contributed by atoms with Gasteiger partial charge in [-0.1, -0.05) is 0 Å². The van der Waals surface area contributed by atoms with Crippen LogP contribution in [-0.2, 0) is 11.8 Å². The van der Waals surface area contributed by atoms with Gasteiger partial charge in [-0.3, -0.25) is 9.48 Å². The van der Waals surface area contributed by atoms with E-state index in [4.69, 9.17) is 0 Å². The van der Waals surface area contributed by atoms with Crippen molar-refractivity contribution in [2.45, 2.75) is 6.36 Å². The van der Waals surface area contributed by atoms with Crippen molar-refractivity contribution in [1.29, 1.82) is 0 Å². The molecular formula is C14H12F3N3O2. The molecule has 0 spiro atoms. The summed E-state index contributed by atoms with van der Waals surface area (Å²) in [5, 5.41) is 6.46. The van der Waals surface area contributed by atoms with Gasteiger partial charge >= 0.3 is 6.36 Å². The first-order valence-corrected chi connectivity index (χ1v) is 6.15. The third kappa shape index (κ3) is 4.97. The number of hydrogen-bond donors (Lipinski definition) is 1. The Balaban J connectivity index is 1.93. The van der Waals surface area contributed by atoms with E-state index in [2.05, 4.69) is 15.2 Å². The number of anilines is 1. The molecule has 0 saturated carbocycles. The maximum absolute atomic E-state index is 12.0. The molecule has 5 nitrogen and oxygen atoms in total. The summed E-state index contributed by atoms with van der Waals surface area (Å²) in [6.45, 7) is 0. The molecule has 8 heteroatoms. The molecule has 0 radical (unpaired) electrons. The van der Waals surface area contributed by atoms with Crippen LogP contribution in [0, 0.1) is 0 Å². The number of carbonyl (C=O) groups is 1. The first-order chi connectivity index (χ1) is 10.3. The van der Waals surface area contributed by atoms with E-state index in [9.17, 15) is 18.0 Å². The Hall–Kier alpha value is -2.77. The van der Waals surface area contributed by atoms with E-state index in [1.54, 1.807) is 30.2 Å². The fourth-order valence-electron chi connectivity index (χ4n) is 1.62. The molecule has 0 aliphatic heterocycles.